The van der Waals surface area contributed by atoms with Crippen molar-refractivity contribution in [3.63, 3.8) is 0 Å². The highest BCUT2D eigenvalue weighted by atomic mass is 16.5. The Morgan fingerprint density at radius 1 is 1.18 bits per heavy atom. The standard InChI is InChI=1S/C26H29NO7/c1-15(2)34-18-9-6-16(7-10-18)24(29)22-23(17-8-11-21(32-3)20(28)13-17)27(26(31)25(22)30)14-19-5-4-12-33-19/h6-11,13,15,19,23,28-29H,4-5,12,14H2,1-3H3/b24-22-. The molecule has 2 atom stereocenters. The second-order valence-electron chi connectivity index (χ2n) is 8.71. The third-order valence-electron chi connectivity index (χ3n) is 5.98. The van der Waals surface area contributed by atoms with Crippen LogP contribution in [-0.2, 0) is 14.3 Å². The molecule has 0 radical (unpaired) electrons. The Morgan fingerprint density at radius 2 is 1.91 bits per heavy atom. The lowest BCUT2D eigenvalue weighted by Gasteiger charge is -2.27. The summed E-state index contributed by atoms with van der Waals surface area (Å²) in [7, 11) is 1.44. The molecule has 2 aliphatic rings. The summed E-state index contributed by atoms with van der Waals surface area (Å²) in [6.07, 6.45) is 1.46. The summed E-state index contributed by atoms with van der Waals surface area (Å²) in [6, 6.07) is 10.5. The Morgan fingerprint density at radius 3 is 2.50 bits per heavy atom. The fourth-order valence-corrected chi connectivity index (χ4v) is 4.42. The number of methoxy groups -OCH3 is 1. The number of likely N-dealkylation sites (tertiary alicyclic amines) is 1. The van der Waals surface area contributed by atoms with E-state index in [0.29, 0.717) is 23.5 Å². The van der Waals surface area contributed by atoms with Crippen molar-refractivity contribution < 1.29 is 34.0 Å². The number of ether oxygens (including phenoxy) is 3. The zero-order valence-electron chi connectivity index (χ0n) is 19.5. The molecule has 0 saturated carbocycles. The number of hydrogen-bond acceptors (Lipinski definition) is 7. The van der Waals surface area contributed by atoms with Crippen molar-refractivity contribution in [1.29, 1.82) is 0 Å². The van der Waals surface area contributed by atoms with Gasteiger partial charge in [-0.05, 0) is 68.7 Å². The molecule has 8 nitrogen and oxygen atoms in total. The van der Waals surface area contributed by atoms with E-state index in [4.69, 9.17) is 14.2 Å². The van der Waals surface area contributed by atoms with Crippen LogP contribution in [0.1, 0.15) is 43.9 Å². The fraction of sp³-hybridized carbons (Fsp3) is 0.385. The van der Waals surface area contributed by atoms with Gasteiger partial charge in [0.05, 0.1) is 30.9 Å². The second-order valence-corrected chi connectivity index (χ2v) is 8.71. The summed E-state index contributed by atoms with van der Waals surface area (Å²) in [5, 5.41) is 21.6. The maximum Gasteiger partial charge on any atom is 0.295 e. The highest BCUT2D eigenvalue weighted by Crippen LogP contribution is 2.42. The Labute approximate surface area is 198 Å². The third kappa shape index (κ3) is 4.59. The predicted octanol–water partition coefficient (Wildman–Crippen LogP) is 3.79. The van der Waals surface area contributed by atoms with Crippen LogP contribution in [0.25, 0.3) is 5.76 Å². The molecule has 1 amide bonds. The molecule has 2 fully saturated rings. The molecule has 180 valence electrons. The molecule has 2 heterocycles. The van der Waals surface area contributed by atoms with Gasteiger partial charge in [-0.3, -0.25) is 9.59 Å². The zero-order valence-corrected chi connectivity index (χ0v) is 19.5. The van der Waals surface area contributed by atoms with Crippen LogP contribution in [0.5, 0.6) is 17.2 Å². The van der Waals surface area contributed by atoms with E-state index >= 15 is 0 Å². The van der Waals surface area contributed by atoms with Gasteiger partial charge in [0.15, 0.2) is 11.5 Å². The Bertz CT molecular complexity index is 1100. The quantitative estimate of drug-likeness (QED) is 0.363. The lowest BCUT2D eigenvalue weighted by molar-refractivity contribution is -0.140. The summed E-state index contributed by atoms with van der Waals surface area (Å²) in [4.78, 5) is 27.6. The maximum atomic E-state index is 13.1. The minimum Gasteiger partial charge on any atom is -0.507 e. The highest BCUT2D eigenvalue weighted by molar-refractivity contribution is 6.46. The van der Waals surface area contributed by atoms with Crippen LogP contribution in [-0.4, -0.2) is 59.3 Å². The molecule has 8 heteroatoms. The number of carbonyl (C=O) groups excluding carboxylic acids is 2. The molecule has 0 aliphatic carbocycles. The molecule has 2 aliphatic heterocycles. The minimum absolute atomic E-state index is 0.00896. The lowest BCUT2D eigenvalue weighted by Crippen LogP contribution is -2.36. The van der Waals surface area contributed by atoms with E-state index in [-0.39, 0.29) is 41.6 Å². The molecular weight excluding hydrogens is 438 g/mol. The van der Waals surface area contributed by atoms with Crippen LogP contribution < -0.4 is 9.47 Å². The van der Waals surface area contributed by atoms with Gasteiger partial charge in [-0.15, -0.1) is 0 Å². The number of carbonyl (C=O) groups is 2. The van der Waals surface area contributed by atoms with Gasteiger partial charge in [0.2, 0.25) is 0 Å². The van der Waals surface area contributed by atoms with E-state index in [1.165, 1.54) is 18.1 Å². The molecule has 0 spiro atoms. The van der Waals surface area contributed by atoms with E-state index in [2.05, 4.69) is 0 Å². The minimum atomic E-state index is -0.882. The Balaban J connectivity index is 1.78. The van der Waals surface area contributed by atoms with Crippen molar-refractivity contribution >= 4 is 17.4 Å². The number of rotatable bonds is 7. The largest absolute Gasteiger partial charge is 0.507 e. The average Bonchev–Trinajstić information content (AvgIpc) is 3.41. The number of amides is 1. The summed E-state index contributed by atoms with van der Waals surface area (Å²) in [5.41, 5.74) is 0.829. The first-order valence-electron chi connectivity index (χ1n) is 11.3. The first kappa shape index (κ1) is 23.6. The van der Waals surface area contributed by atoms with E-state index < -0.39 is 17.7 Å². The van der Waals surface area contributed by atoms with Crippen LogP contribution >= 0.6 is 0 Å². The molecule has 34 heavy (non-hydrogen) atoms. The number of aliphatic hydroxyl groups excluding tert-OH is 1. The number of aliphatic hydroxyl groups is 1. The van der Waals surface area contributed by atoms with Gasteiger partial charge in [-0.25, -0.2) is 0 Å². The third-order valence-corrected chi connectivity index (χ3v) is 5.98. The van der Waals surface area contributed by atoms with Gasteiger partial charge in [0.1, 0.15) is 11.5 Å². The van der Waals surface area contributed by atoms with Crippen molar-refractivity contribution in [2.45, 2.75) is 44.9 Å². The van der Waals surface area contributed by atoms with Crippen molar-refractivity contribution in [1.82, 2.24) is 4.90 Å². The van der Waals surface area contributed by atoms with E-state index in [9.17, 15) is 19.8 Å². The van der Waals surface area contributed by atoms with Gasteiger partial charge in [-0.1, -0.05) is 6.07 Å². The molecule has 0 aromatic heterocycles. The number of benzene rings is 2. The number of phenols is 1. The van der Waals surface area contributed by atoms with Crippen LogP contribution in [0.4, 0.5) is 0 Å². The number of nitrogens with zero attached hydrogens (tertiary/aromatic N) is 1. The zero-order chi connectivity index (χ0) is 24.4. The van der Waals surface area contributed by atoms with Gasteiger partial charge >= 0.3 is 0 Å². The molecule has 0 bridgehead atoms. The van der Waals surface area contributed by atoms with Crippen LogP contribution in [0, 0.1) is 0 Å². The van der Waals surface area contributed by atoms with Crippen molar-refractivity contribution in [3.05, 3.63) is 59.2 Å². The van der Waals surface area contributed by atoms with E-state index in [0.717, 1.165) is 12.8 Å². The number of hydrogen-bond donors (Lipinski definition) is 2. The van der Waals surface area contributed by atoms with Crippen LogP contribution in [0.15, 0.2) is 48.0 Å². The van der Waals surface area contributed by atoms with Gasteiger partial charge in [-0.2, -0.15) is 0 Å². The van der Waals surface area contributed by atoms with Gasteiger partial charge in [0.25, 0.3) is 11.7 Å². The van der Waals surface area contributed by atoms with E-state index in [1.54, 1.807) is 36.4 Å². The molecular formula is C26H29NO7. The second kappa shape index (κ2) is 9.77. The average molecular weight is 468 g/mol. The molecule has 2 aromatic carbocycles. The first-order chi connectivity index (χ1) is 16.3. The number of ketones is 1. The molecule has 4 rings (SSSR count). The maximum absolute atomic E-state index is 13.1. The summed E-state index contributed by atoms with van der Waals surface area (Å²) in [5.74, 6) is -1.01. The number of phenolic OH excluding ortho intramolecular Hbond substituents is 1. The number of aromatic hydroxyl groups is 1. The summed E-state index contributed by atoms with van der Waals surface area (Å²) >= 11 is 0. The summed E-state index contributed by atoms with van der Waals surface area (Å²) in [6.45, 7) is 4.63. The van der Waals surface area contributed by atoms with Crippen molar-refractivity contribution in [3.8, 4) is 17.2 Å². The molecule has 2 aromatic rings. The van der Waals surface area contributed by atoms with E-state index in [1.807, 2.05) is 13.8 Å². The predicted molar refractivity (Wildman–Crippen MR) is 125 cm³/mol. The summed E-state index contributed by atoms with van der Waals surface area (Å²) < 4.78 is 16.5. The van der Waals surface area contributed by atoms with Crippen molar-refractivity contribution in [2.75, 3.05) is 20.3 Å². The van der Waals surface area contributed by atoms with Crippen LogP contribution in [0.2, 0.25) is 0 Å². The van der Waals surface area contributed by atoms with Gasteiger partial charge < -0.3 is 29.3 Å². The molecule has 2 unspecified atom stereocenters. The Kier molecular flexibility index (Phi) is 6.79. The first-order valence-corrected chi connectivity index (χ1v) is 11.3. The highest BCUT2D eigenvalue weighted by Gasteiger charge is 2.47. The van der Waals surface area contributed by atoms with Crippen molar-refractivity contribution in [2.24, 2.45) is 0 Å². The monoisotopic (exact) mass is 467 g/mol. The molecule has 2 saturated heterocycles. The fourth-order valence-electron chi connectivity index (χ4n) is 4.42. The normalized spacial score (nSPS) is 21.9. The number of Topliss-reactive ketones (excluding diaryl/α,β-unsaturated/α-hetero) is 1. The Hall–Kier alpha value is -3.52. The van der Waals surface area contributed by atoms with Gasteiger partial charge in [0, 0.05) is 18.7 Å². The molecule has 2 N–H and O–H groups in total. The smallest absolute Gasteiger partial charge is 0.295 e. The lowest BCUT2D eigenvalue weighted by atomic mass is 9.94. The van der Waals surface area contributed by atoms with Crippen LogP contribution in [0.3, 0.4) is 0 Å². The topological polar surface area (TPSA) is 106 Å². The SMILES string of the molecule is COc1ccc(C2/C(=C(/O)c3ccc(OC(C)C)cc3)C(=O)C(=O)N2CC2CCCO2)cc1O.